The van der Waals surface area contributed by atoms with Gasteiger partial charge in [-0.15, -0.1) is 0 Å². The van der Waals surface area contributed by atoms with Crippen LogP contribution in [-0.2, 0) is 16.1 Å². The third-order valence-corrected chi connectivity index (χ3v) is 3.64. The number of methoxy groups -OCH3 is 1. The van der Waals surface area contributed by atoms with Crippen LogP contribution in [0.5, 0.6) is 5.75 Å². The van der Waals surface area contributed by atoms with Gasteiger partial charge >= 0.3 is 5.97 Å². The number of hydrogen-bond donors (Lipinski definition) is 1. The minimum Gasteiger partial charge on any atom is -0.496 e. The van der Waals surface area contributed by atoms with Crippen LogP contribution in [0.2, 0.25) is 0 Å². The Morgan fingerprint density at radius 2 is 1.96 bits per heavy atom. The number of para-hydroxylation sites is 1. The number of rotatable bonds is 6. The molecule has 1 N–H and O–H groups in total. The van der Waals surface area contributed by atoms with Gasteiger partial charge in [0.2, 0.25) is 0 Å². The summed E-state index contributed by atoms with van der Waals surface area (Å²) in [6, 6.07) is 11.1. The summed E-state index contributed by atoms with van der Waals surface area (Å²) in [5.41, 5.74) is 0.555. The van der Waals surface area contributed by atoms with Crippen molar-refractivity contribution in [2.24, 2.45) is 0 Å². The van der Waals surface area contributed by atoms with Crippen molar-refractivity contribution in [3.05, 3.63) is 63.9 Å². The Bertz CT molecular complexity index is 751. The lowest BCUT2D eigenvalue weighted by atomic mass is 10.2. The van der Waals surface area contributed by atoms with Crippen LogP contribution in [0.25, 0.3) is 0 Å². The Balaban J connectivity index is 1.87. The van der Waals surface area contributed by atoms with Crippen LogP contribution < -0.4 is 10.1 Å². The molecule has 0 aliphatic heterocycles. The number of halogens is 2. The molecule has 0 bridgehead atoms. The minimum atomic E-state index is -0.902. The van der Waals surface area contributed by atoms with Crippen molar-refractivity contribution in [1.29, 1.82) is 0 Å². The first-order valence-electron chi connectivity index (χ1n) is 7.02. The topological polar surface area (TPSA) is 64.6 Å². The van der Waals surface area contributed by atoms with Crippen LogP contribution >= 0.6 is 15.9 Å². The fraction of sp³-hybridized carbons (Fsp3) is 0.176. The van der Waals surface area contributed by atoms with E-state index in [-0.39, 0.29) is 12.1 Å². The number of benzene rings is 2. The molecular formula is C17H15BrFNO4. The summed E-state index contributed by atoms with van der Waals surface area (Å²) in [5, 5.41) is 2.61. The van der Waals surface area contributed by atoms with Crippen molar-refractivity contribution in [2.75, 3.05) is 13.7 Å². The zero-order valence-corrected chi connectivity index (χ0v) is 14.4. The Labute approximate surface area is 146 Å². The van der Waals surface area contributed by atoms with Crippen molar-refractivity contribution in [1.82, 2.24) is 5.32 Å². The first kappa shape index (κ1) is 17.9. The quantitative estimate of drug-likeness (QED) is 0.763. The van der Waals surface area contributed by atoms with Crippen LogP contribution in [0.3, 0.4) is 0 Å². The molecule has 0 spiro atoms. The van der Waals surface area contributed by atoms with Crippen LogP contribution in [-0.4, -0.2) is 25.6 Å². The largest absolute Gasteiger partial charge is 0.496 e. The molecule has 0 saturated carbocycles. The second-order valence-corrected chi connectivity index (χ2v) is 5.70. The van der Waals surface area contributed by atoms with Crippen molar-refractivity contribution in [3.63, 3.8) is 0 Å². The molecule has 0 atom stereocenters. The predicted octanol–water partition coefficient (Wildman–Crippen LogP) is 3.07. The highest BCUT2D eigenvalue weighted by Crippen LogP contribution is 2.17. The number of ether oxygens (including phenoxy) is 2. The van der Waals surface area contributed by atoms with Gasteiger partial charge in [-0.3, -0.25) is 4.79 Å². The molecule has 2 rings (SSSR count). The zero-order valence-electron chi connectivity index (χ0n) is 12.8. The van der Waals surface area contributed by atoms with E-state index in [1.165, 1.54) is 19.2 Å². The fourth-order valence-electron chi connectivity index (χ4n) is 1.96. The molecule has 5 nitrogen and oxygen atoms in total. The molecular weight excluding hydrogens is 381 g/mol. The average Bonchev–Trinajstić information content (AvgIpc) is 2.60. The standard InChI is InChI=1S/C17H15BrFNO4/c1-23-15-5-3-2-4-11(15)9-20-16(21)10-24-17(22)13-8-12(18)6-7-14(13)19/h2-8H,9-10H2,1H3,(H,20,21). The Kier molecular flexibility index (Phi) is 6.31. The first-order chi connectivity index (χ1) is 11.5. The van der Waals surface area contributed by atoms with Crippen molar-refractivity contribution < 1.29 is 23.5 Å². The SMILES string of the molecule is COc1ccccc1CNC(=O)COC(=O)c1cc(Br)ccc1F. The highest BCUT2D eigenvalue weighted by Gasteiger charge is 2.15. The third-order valence-electron chi connectivity index (χ3n) is 3.15. The maximum atomic E-state index is 13.6. The minimum absolute atomic E-state index is 0.228. The summed E-state index contributed by atoms with van der Waals surface area (Å²) in [5.74, 6) is -1.46. The van der Waals surface area contributed by atoms with Crippen LogP contribution in [0.15, 0.2) is 46.9 Å². The molecule has 0 aliphatic carbocycles. The summed E-state index contributed by atoms with van der Waals surface area (Å²) in [6.45, 7) is -0.272. The molecule has 0 fully saturated rings. The molecule has 0 heterocycles. The van der Waals surface area contributed by atoms with E-state index < -0.39 is 24.3 Å². The van der Waals surface area contributed by atoms with Gasteiger partial charge in [-0.1, -0.05) is 34.1 Å². The van der Waals surface area contributed by atoms with Crippen molar-refractivity contribution in [3.8, 4) is 5.75 Å². The highest BCUT2D eigenvalue weighted by atomic mass is 79.9. The van der Waals surface area contributed by atoms with E-state index in [1.807, 2.05) is 18.2 Å². The van der Waals surface area contributed by atoms with Crippen LogP contribution in [0.1, 0.15) is 15.9 Å². The van der Waals surface area contributed by atoms with Crippen LogP contribution in [0, 0.1) is 5.82 Å². The van der Waals surface area contributed by atoms with Crippen LogP contribution in [0.4, 0.5) is 4.39 Å². The van der Waals surface area contributed by atoms with Crippen molar-refractivity contribution in [2.45, 2.75) is 6.54 Å². The molecule has 0 aromatic heterocycles. The monoisotopic (exact) mass is 395 g/mol. The van der Waals surface area contributed by atoms with Crippen molar-refractivity contribution >= 4 is 27.8 Å². The number of carbonyl (C=O) groups excluding carboxylic acids is 2. The number of nitrogens with one attached hydrogen (secondary N) is 1. The number of esters is 1. The molecule has 24 heavy (non-hydrogen) atoms. The highest BCUT2D eigenvalue weighted by molar-refractivity contribution is 9.10. The summed E-state index contributed by atoms with van der Waals surface area (Å²) < 4.78 is 24.1. The first-order valence-corrected chi connectivity index (χ1v) is 7.81. The second-order valence-electron chi connectivity index (χ2n) is 4.79. The van der Waals surface area contributed by atoms with Gasteiger partial charge in [0.1, 0.15) is 11.6 Å². The van der Waals surface area contributed by atoms with Gasteiger partial charge in [-0.2, -0.15) is 0 Å². The van der Waals surface area contributed by atoms with Gasteiger partial charge in [0.15, 0.2) is 6.61 Å². The predicted molar refractivity (Wildman–Crippen MR) is 89.2 cm³/mol. The Morgan fingerprint density at radius 1 is 1.21 bits per heavy atom. The summed E-state index contributed by atoms with van der Waals surface area (Å²) in [6.07, 6.45) is 0. The van der Waals surface area contributed by atoms with Gasteiger partial charge in [0.05, 0.1) is 12.7 Å². The van der Waals surface area contributed by atoms with E-state index in [9.17, 15) is 14.0 Å². The molecule has 126 valence electrons. The summed E-state index contributed by atoms with van der Waals surface area (Å²) in [7, 11) is 1.54. The molecule has 7 heteroatoms. The molecule has 1 amide bonds. The van der Waals surface area contributed by atoms with Gasteiger partial charge < -0.3 is 14.8 Å². The molecule has 0 aliphatic rings. The van der Waals surface area contributed by atoms with E-state index >= 15 is 0 Å². The molecule has 0 saturated heterocycles. The van der Waals surface area contributed by atoms with E-state index in [0.717, 1.165) is 11.6 Å². The van der Waals surface area contributed by atoms with E-state index in [1.54, 1.807) is 6.07 Å². The molecule has 0 unspecified atom stereocenters. The van der Waals surface area contributed by atoms with E-state index in [0.29, 0.717) is 10.2 Å². The van der Waals surface area contributed by atoms with Gasteiger partial charge in [0, 0.05) is 16.6 Å². The lowest BCUT2D eigenvalue weighted by Gasteiger charge is -2.10. The second kappa shape index (κ2) is 8.44. The number of carbonyl (C=O) groups is 2. The maximum Gasteiger partial charge on any atom is 0.341 e. The van der Waals surface area contributed by atoms with Gasteiger partial charge in [-0.05, 0) is 24.3 Å². The number of amides is 1. The van der Waals surface area contributed by atoms with E-state index in [2.05, 4.69) is 21.2 Å². The number of hydrogen-bond acceptors (Lipinski definition) is 4. The van der Waals surface area contributed by atoms with Gasteiger partial charge in [0.25, 0.3) is 5.91 Å². The zero-order chi connectivity index (χ0) is 17.5. The summed E-state index contributed by atoms with van der Waals surface area (Å²) >= 11 is 3.14. The Morgan fingerprint density at radius 3 is 2.71 bits per heavy atom. The Hall–Kier alpha value is -2.41. The molecule has 2 aromatic rings. The third kappa shape index (κ3) is 4.79. The average molecular weight is 396 g/mol. The normalized spacial score (nSPS) is 10.1. The fourth-order valence-corrected chi connectivity index (χ4v) is 2.32. The molecule has 2 aromatic carbocycles. The summed E-state index contributed by atoms with van der Waals surface area (Å²) in [4.78, 5) is 23.6. The maximum absolute atomic E-state index is 13.6. The smallest absolute Gasteiger partial charge is 0.341 e. The lowest BCUT2D eigenvalue weighted by Crippen LogP contribution is -2.28. The van der Waals surface area contributed by atoms with Gasteiger partial charge in [-0.25, -0.2) is 9.18 Å². The lowest BCUT2D eigenvalue weighted by molar-refractivity contribution is -0.124. The van der Waals surface area contributed by atoms with E-state index in [4.69, 9.17) is 9.47 Å². The molecule has 0 radical (unpaired) electrons.